The summed E-state index contributed by atoms with van der Waals surface area (Å²) in [6, 6.07) is 54.8. The lowest BCUT2D eigenvalue weighted by Crippen LogP contribution is -2.41. The highest BCUT2D eigenvalue weighted by Crippen LogP contribution is 2.53. The van der Waals surface area contributed by atoms with E-state index in [9.17, 15) is 0 Å². The Kier molecular flexibility index (Phi) is 6.67. The van der Waals surface area contributed by atoms with Gasteiger partial charge in [0.25, 0.3) is 0 Å². The van der Waals surface area contributed by atoms with Gasteiger partial charge >= 0.3 is 0 Å². The fourth-order valence-electron chi connectivity index (χ4n) is 10.1. The van der Waals surface area contributed by atoms with Crippen LogP contribution in [0, 0.1) is 0 Å². The summed E-state index contributed by atoms with van der Waals surface area (Å²) in [5, 5.41) is 11.8. The summed E-state index contributed by atoms with van der Waals surface area (Å²) in [6.07, 6.45) is 0. The molecule has 2 aliphatic heterocycles. The van der Waals surface area contributed by atoms with Crippen molar-refractivity contribution in [2.24, 2.45) is 0 Å². The lowest BCUT2D eigenvalue weighted by Gasteiger charge is -2.38. The molecule has 0 saturated heterocycles. The average molecular weight is 748 g/mol. The minimum absolute atomic E-state index is 0.0944. The van der Waals surface area contributed by atoms with Crippen LogP contribution in [0.2, 0.25) is 0 Å². The van der Waals surface area contributed by atoms with E-state index >= 15 is 0 Å². The zero-order valence-corrected chi connectivity index (χ0v) is 33.6. The van der Waals surface area contributed by atoms with Gasteiger partial charge in [0.1, 0.15) is 0 Å². The Morgan fingerprint density at radius 1 is 0.596 bits per heavy atom. The molecule has 4 heterocycles. The molecule has 0 fully saturated rings. The number of para-hydroxylation sites is 2. The molecule has 0 amide bonds. The third-order valence-corrected chi connectivity index (χ3v) is 14.1. The number of nitrogens with zero attached hydrogens (tertiary/aromatic N) is 1. The van der Waals surface area contributed by atoms with Gasteiger partial charge in [-0.3, -0.25) is 0 Å². The number of fused-ring (bicyclic) bond motifs is 6. The number of rotatable bonds is 4. The molecule has 12 rings (SSSR count). The number of aromatic nitrogens is 1. The lowest BCUT2D eigenvalue weighted by atomic mass is 9.57. The lowest BCUT2D eigenvalue weighted by molar-refractivity contribution is 0.590. The van der Waals surface area contributed by atoms with E-state index in [1.54, 1.807) is 0 Å². The molecule has 2 aliphatic rings. The van der Waals surface area contributed by atoms with E-state index in [1.807, 2.05) is 11.3 Å². The van der Waals surface area contributed by atoms with Crippen molar-refractivity contribution in [3.8, 4) is 27.9 Å². The Bertz CT molecular complexity index is 3350. The van der Waals surface area contributed by atoms with Crippen LogP contribution in [0.1, 0.15) is 51.3 Å². The topological polar surface area (TPSA) is 17.0 Å². The molecule has 0 spiro atoms. The molecule has 2 aromatic heterocycles. The van der Waals surface area contributed by atoms with Gasteiger partial charge in [-0.15, -0.1) is 11.3 Å². The smallest absolute Gasteiger partial charge is 0.197 e. The van der Waals surface area contributed by atoms with Gasteiger partial charge < -0.3 is 9.88 Å². The largest absolute Gasteiger partial charge is 0.355 e. The number of thiophene rings is 1. The van der Waals surface area contributed by atoms with Gasteiger partial charge in [-0.1, -0.05) is 143 Å². The van der Waals surface area contributed by atoms with Crippen molar-refractivity contribution in [2.75, 3.05) is 5.32 Å². The Morgan fingerprint density at radius 2 is 1.35 bits per heavy atom. The molecule has 0 bridgehead atoms. The quantitative estimate of drug-likeness (QED) is 0.177. The second-order valence-electron chi connectivity index (χ2n) is 17.6. The zero-order chi connectivity index (χ0) is 38.4. The highest BCUT2D eigenvalue weighted by Gasteiger charge is 2.40. The first-order valence-corrected chi connectivity index (χ1v) is 20.9. The van der Waals surface area contributed by atoms with Gasteiger partial charge in [0.2, 0.25) is 0 Å². The van der Waals surface area contributed by atoms with Crippen LogP contribution in [-0.2, 0) is 10.8 Å². The van der Waals surface area contributed by atoms with E-state index in [0.717, 1.165) is 11.4 Å². The Hall–Kier alpha value is -6.10. The van der Waals surface area contributed by atoms with Gasteiger partial charge in [0.05, 0.1) is 5.52 Å². The Balaban J connectivity index is 1.22. The van der Waals surface area contributed by atoms with Crippen LogP contribution in [0.3, 0.4) is 0 Å². The van der Waals surface area contributed by atoms with E-state index in [0.29, 0.717) is 0 Å². The summed E-state index contributed by atoms with van der Waals surface area (Å²) in [5.41, 5.74) is 17.6. The molecule has 0 atom stereocenters. The number of anilines is 2. The molecule has 0 unspecified atom stereocenters. The molecular formula is C53H40BN2S. The van der Waals surface area contributed by atoms with Crippen molar-refractivity contribution in [3.05, 3.63) is 162 Å². The second-order valence-corrected chi connectivity index (χ2v) is 18.7. The third-order valence-electron chi connectivity index (χ3n) is 12.9. The minimum Gasteiger partial charge on any atom is -0.355 e. The fourth-order valence-corrected chi connectivity index (χ4v) is 11.2. The van der Waals surface area contributed by atoms with Crippen molar-refractivity contribution in [1.82, 2.24) is 4.57 Å². The molecule has 10 aromatic rings. The number of hydrogen-bond acceptors (Lipinski definition) is 2. The minimum atomic E-state index is -0.179. The zero-order valence-electron chi connectivity index (χ0n) is 32.8. The van der Waals surface area contributed by atoms with E-state index in [2.05, 4.69) is 197 Å². The predicted octanol–water partition coefficient (Wildman–Crippen LogP) is 13.3. The van der Waals surface area contributed by atoms with Crippen LogP contribution in [0.15, 0.2) is 146 Å². The Morgan fingerprint density at radius 3 is 2.19 bits per heavy atom. The molecule has 2 nitrogen and oxygen atoms in total. The maximum absolute atomic E-state index is 3.86. The summed E-state index contributed by atoms with van der Waals surface area (Å²) in [4.78, 5) is 0. The summed E-state index contributed by atoms with van der Waals surface area (Å²) >= 11 is 1.89. The van der Waals surface area contributed by atoms with Crippen LogP contribution in [0.5, 0.6) is 0 Å². The molecule has 57 heavy (non-hydrogen) atoms. The molecule has 0 saturated carbocycles. The van der Waals surface area contributed by atoms with Gasteiger partial charge in [-0.05, 0) is 97.5 Å². The summed E-state index contributed by atoms with van der Waals surface area (Å²) < 4.78 is 5.30. The molecule has 0 aliphatic carbocycles. The van der Waals surface area contributed by atoms with Crippen molar-refractivity contribution in [2.45, 2.75) is 45.4 Å². The molecule has 271 valence electrons. The van der Waals surface area contributed by atoms with Crippen LogP contribution < -0.4 is 16.2 Å². The van der Waals surface area contributed by atoms with E-state index in [4.69, 9.17) is 0 Å². The second kappa shape index (κ2) is 11.5. The average Bonchev–Trinajstić information content (AvgIpc) is 3.77. The standard InChI is InChI=1S/C53H40BN2S/c1-52(2,3)32-22-24-33(25-23-32)55-43-19-10-8-15-35(43)39-29-38(31-21-26-37-36-16-9-11-20-44(36)57-45(37)28-31)47-46-34-14-7-6-13-30(34)27-41-50(46)56-49-40(53(41,4)5)17-12-18-42(49)54-48(39)51(47)56/h6-29,55H,1-5H3. The monoisotopic (exact) mass is 747 g/mol. The maximum Gasteiger partial charge on any atom is 0.197 e. The van der Waals surface area contributed by atoms with E-state index in [-0.39, 0.29) is 10.8 Å². The Labute approximate surface area is 337 Å². The molecular weight excluding hydrogens is 707 g/mol. The van der Waals surface area contributed by atoms with Gasteiger partial charge in [-0.2, -0.15) is 0 Å². The molecule has 4 heteroatoms. The normalized spacial score (nSPS) is 14.0. The van der Waals surface area contributed by atoms with Crippen molar-refractivity contribution in [1.29, 1.82) is 0 Å². The first kappa shape index (κ1) is 33.1. The first-order chi connectivity index (χ1) is 27.6. The highest BCUT2D eigenvalue weighted by molar-refractivity contribution is 7.25. The number of hydrogen-bond donors (Lipinski definition) is 1. The molecule has 1 radical (unpaired) electrons. The van der Waals surface area contributed by atoms with Crippen molar-refractivity contribution >= 4 is 93.7 Å². The van der Waals surface area contributed by atoms with E-state index < -0.39 is 0 Å². The highest BCUT2D eigenvalue weighted by atomic mass is 32.1. The fraction of sp³-hybridized carbons (Fsp3) is 0.132. The van der Waals surface area contributed by atoms with Gasteiger partial charge in [-0.25, -0.2) is 0 Å². The first-order valence-electron chi connectivity index (χ1n) is 20.1. The van der Waals surface area contributed by atoms with E-state index in [1.165, 1.54) is 108 Å². The van der Waals surface area contributed by atoms with Crippen molar-refractivity contribution < 1.29 is 0 Å². The van der Waals surface area contributed by atoms with Gasteiger partial charge in [0.15, 0.2) is 7.28 Å². The van der Waals surface area contributed by atoms with Crippen molar-refractivity contribution in [3.63, 3.8) is 0 Å². The van der Waals surface area contributed by atoms with Crippen LogP contribution >= 0.6 is 11.3 Å². The number of benzene rings is 8. The van der Waals surface area contributed by atoms with Crippen LogP contribution in [0.4, 0.5) is 11.4 Å². The summed E-state index contributed by atoms with van der Waals surface area (Å²) in [5.74, 6) is 0. The van der Waals surface area contributed by atoms with Crippen LogP contribution in [0.25, 0.3) is 80.7 Å². The predicted molar refractivity (Wildman–Crippen MR) is 248 cm³/mol. The maximum atomic E-state index is 3.86. The van der Waals surface area contributed by atoms with Gasteiger partial charge in [0, 0.05) is 64.5 Å². The summed E-state index contributed by atoms with van der Waals surface area (Å²) in [6.45, 7) is 11.6. The third kappa shape index (κ3) is 4.59. The van der Waals surface area contributed by atoms with Crippen LogP contribution in [-0.4, -0.2) is 11.8 Å². The molecule has 8 aromatic carbocycles. The SMILES string of the molecule is CC(C)(C)c1ccc(Nc2ccccc2-c2cc(-c3ccc4c(c3)sc3ccccc34)c3c4c5ccccc5cc5c4n4c3c2[B]c2cccc(c2-4)C5(C)C)cc1. The summed E-state index contributed by atoms with van der Waals surface area (Å²) in [7, 11) is 2.48. The number of nitrogens with one attached hydrogen (secondary N) is 1. The molecule has 1 N–H and O–H groups in total.